The monoisotopic (exact) mass is 220 g/mol. The van der Waals surface area contributed by atoms with E-state index in [1.54, 1.807) is 0 Å². The summed E-state index contributed by atoms with van der Waals surface area (Å²) in [5, 5.41) is 0. The number of halogens is 1. The molecule has 16 heavy (non-hydrogen) atoms. The number of hydrogen-bond acceptors (Lipinski definition) is 3. The number of piperidine rings is 1. The zero-order chi connectivity index (χ0) is 11.4. The minimum atomic E-state index is -0.636. The summed E-state index contributed by atoms with van der Waals surface area (Å²) in [6, 6.07) is 4.11. The topological polar surface area (TPSA) is 63.4 Å². The molecule has 1 heterocycles. The van der Waals surface area contributed by atoms with Crippen LogP contribution < -0.4 is 10.6 Å². The molecule has 0 radical (unpaired) electrons. The second-order valence-electron chi connectivity index (χ2n) is 4.14. The highest BCUT2D eigenvalue weighted by molar-refractivity contribution is 6.25. The molecule has 2 N–H and O–H groups in total. The molecule has 0 spiro atoms. The van der Waals surface area contributed by atoms with Gasteiger partial charge in [-0.1, -0.05) is 6.07 Å². The molecule has 0 aromatic heterocycles. The van der Waals surface area contributed by atoms with E-state index in [-0.39, 0.29) is 35.0 Å². The molecule has 2 fully saturated rings. The minimum Gasteiger partial charge on any atom is -0.397 e. The predicted molar refractivity (Wildman–Crippen MR) is 54.9 cm³/mol. The highest BCUT2D eigenvalue weighted by Gasteiger charge is 2.59. The average Bonchev–Trinajstić information content (AvgIpc) is 2.97. The minimum absolute atomic E-state index is 0.0929. The normalized spacial score (nSPS) is 27.2. The molecule has 82 valence electrons. The van der Waals surface area contributed by atoms with Crippen LogP contribution in [0.15, 0.2) is 18.2 Å². The highest BCUT2D eigenvalue weighted by atomic mass is 19.1. The Morgan fingerprint density at radius 1 is 1.25 bits per heavy atom. The number of carbonyl (C=O) groups excluding carboxylic acids is 2. The second kappa shape index (κ2) is 2.81. The van der Waals surface area contributed by atoms with Gasteiger partial charge in [0.2, 0.25) is 11.8 Å². The number of imide groups is 1. The van der Waals surface area contributed by atoms with Gasteiger partial charge >= 0.3 is 0 Å². The number of rotatable bonds is 1. The SMILES string of the molecule is Nc1cccc(F)c1N1C(=O)C2CC2C1=O. The Hall–Kier alpha value is -1.91. The third kappa shape index (κ3) is 1.02. The Labute approximate surface area is 90.8 Å². The van der Waals surface area contributed by atoms with Gasteiger partial charge in [0.25, 0.3) is 0 Å². The van der Waals surface area contributed by atoms with Crippen LogP contribution in [0.1, 0.15) is 6.42 Å². The molecule has 2 atom stereocenters. The summed E-state index contributed by atoms with van der Waals surface area (Å²) < 4.78 is 13.6. The molecule has 1 aliphatic carbocycles. The molecular formula is C11H9FN2O2. The van der Waals surface area contributed by atoms with Crippen molar-refractivity contribution in [1.29, 1.82) is 0 Å². The largest absolute Gasteiger partial charge is 0.397 e. The molecule has 0 bridgehead atoms. The van der Waals surface area contributed by atoms with Crippen molar-refractivity contribution >= 4 is 23.2 Å². The fraction of sp³-hybridized carbons (Fsp3) is 0.273. The summed E-state index contributed by atoms with van der Waals surface area (Å²) in [7, 11) is 0. The summed E-state index contributed by atoms with van der Waals surface area (Å²) in [5.74, 6) is -1.78. The Morgan fingerprint density at radius 2 is 1.88 bits per heavy atom. The van der Waals surface area contributed by atoms with Crippen LogP contribution in [-0.4, -0.2) is 11.8 Å². The number of amides is 2. The molecule has 4 nitrogen and oxygen atoms in total. The van der Waals surface area contributed by atoms with Crippen LogP contribution in [0.2, 0.25) is 0 Å². The molecular weight excluding hydrogens is 211 g/mol. The zero-order valence-electron chi connectivity index (χ0n) is 8.31. The summed E-state index contributed by atoms with van der Waals surface area (Å²) in [4.78, 5) is 24.4. The van der Waals surface area contributed by atoms with Crippen LogP contribution in [0.3, 0.4) is 0 Å². The van der Waals surface area contributed by atoms with Crippen molar-refractivity contribution in [3.8, 4) is 0 Å². The molecule has 2 amide bonds. The molecule has 3 rings (SSSR count). The van der Waals surface area contributed by atoms with Crippen molar-refractivity contribution in [2.24, 2.45) is 11.8 Å². The Balaban J connectivity index is 2.11. The van der Waals surface area contributed by atoms with Crippen molar-refractivity contribution in [1.82, 2.24) is 0 Å². The van der Waals surface area contributed by atoms with Crippen molar-refractivity contribution in [2.75, 3.05) is 10.6 Å². The Morgan fingerprint density at radius 3 is 2.44 bits per heavy atom. The number of nitrogen functional groups attached to an aromatic ring is 1. The number of hydrogen-bond donors (Lipinski definition) is 1. The molecule has 1 saturated carbocycles. The van der Waals surface area contributed by atoms with Gasteiger partial charge in [-0.3, -0.25) is 9.59 Å². The van der Waals surface area contributed by atoms with E-state index in [1.807, 2.05) is 0 Å². The van der Waals surface area contributed by atoms with E-state index in [1.165, 1.54) is 18.2 Å². The zero-order valence-corrected chi connectivity index (χ0v) is 8.31. The standard InChI is InChI=1S/C11H9FN2O2/c12-7-2-1-3-8(13)9(7)14-10(15)5-4-6(5)11(14)16/h1-3,5-6H,4,13H2. The van der Waals surface area contributed by atoms with Gasteiger partial charge in [-0.25, -0.2) is 9.29 Å². The summed E-state index contributed by atoms with van der Waals surface area (Å²) in [5.41, 5.74) is 5.62. The Bertz CT molecular complexity index is 474. The maximum Gasteiger partial charge on any atom is 0.237 e. The second-order valence-corrected chi connectivity index (χ2v) is 4.14. The maximum absolute atomic E-state index is 13.6. The van der Waals surface area contributed by atoms with Crippen LogP contribution >= 0.6 is 0 Å². The molecule has 1 aliphatic heterocycles. The molecule has 5 heteroatoms. The van der Waals surface area contributed by atoms with E-state index < -0.39 is 5.82 Å². The third-order valence-electron chi connectivity index (χ3n) is 3.11. The summed E-state index contributed by atoms with van der Waals surface area (Å²) in [6.07, 6.45) is 0.600. The lowest BCUT2D eigenvalue weighted by molar-refractivity contribution is -0.123. The number of anilines is 2. The van der Waals surface area contributed by atoms with E-state index in [4.69, 9.17) is 5.73 Å². The van der Waals surface area contributed by atoms with E-state index in [0.717, 1.165) is 4.90 Å². The van der Waals surface area contributed by atoms with Gasteiger partial charge in [0.05, 0.1) is 17.5 Å². The van der Waals surface area contributed by atoms with Crippen molar-refractivity contribution in [3.05, 3.63) is 24.0 Å². The van der Waals surface area contributed by atoms with Gasteiger partial charge in [-0.2, -0.15) is 0 Å². The predicted octanol–water partition coefficient (Wildman–Crippen LogP) is 0.917. The van der Waals surface area contributed by atoms with Gasteiger partial charge in [-0.05, 0) is 18.6 Å². The van der Waals surface area contributed by atoms with Crippen LogP contribution in [0.4, 0.5) is 15.8 Å². The maximum atomic E-state index is 13.6. The van der Waals surface area contributed by atoms with Crippen molar-refractivity contribution in [3.63, 3.8) is 0 Å². The summed E-state index contributed by atoms with van der Waals surface area (Å²) >= 11 is 0. The molecule has 2 aliphatic rings. The van der Waals surface area contributed by atoms with Gasteiger partial charge in [0, 0.05) is 0 Å². The molecule has 1 aromatic carbocycles. The first-order valence-electron chi connectivity index (χ1n) is 5.03. The first kappa shape index (κ1) is 9.33. The van der Waals surface area contributed by atoms with Crippen LogP contribution in [0, 0.1) is 17.7 Å². The van der Waals surface area contributed by atoms with Crippen LogP contribution in [0.5, 0.6) is 0 Å². The first-order chi connectivity index (χ1) is 7.61. The van der Waals surface area contributed by atoms with Crippen molar-refractivity contribution in [2.45, 2.75) is 6.42 Å². The van der Waals surface area contributed by atoms with Gasteiger partial charge in [0.15, 0.2) is 0 Å². The first-order valence-corrected chi connectivity index (χ1v) is 5.03. The number of fused-ring (bicyclic) bond motifs is 1. The number of benzene rings is 1. The molecule has 2 unspecified atom stereocenters. The highest BCUT2D eigenvalue weighted by Crippen LogP contribution is 2.49. The Kier molecular flexibility index (Phi) is 1.64. The van der Waals surface area contributed by atoms with Crippen LogP contribution in [-0.2, 0) is 9.59 Å². The number of nitrogens with zero attached hydrogens (tertiary/aromatic N) is 1. The van der Waals surface area contributed by atoms with E-state index in [0.29, 0.717) is 6.42 Å². The van der Waals surface area contributed by atoms with E-state index in [2.05, 4.69) is 0 Å². The molecule has 1 saturated heterocycles. The third-order valence-corrected chi connectivity index (χ3v) is 3.11. The molecule has 1 aromatic rings. The fourth-order valence-electron chi connectivity index (χ4n) is 2.17. The van der Waals surface area contributed by atoms with Crippen LogP contribution in [0.25, 0.3) is 0 Å². The number of para-hydroxylation sites is 1. The van der Waals surface area contributed by atoms with Gasteiger partial charge in [-0.15, -0.1) is 0 Å². The smallest absolute Gasteiger partial charge is 0.237 e. The summed E-state index contributed by atoms with van der Waals surface area (Å²) in [6.45, 7) is 0. The average molecular weight is 220 g/mol. The van der Waals surface area contributed by atoms with E-state index >= 15 is 0 Å². The quantitative estimate of drug-likeness (QED) is 0.565. The van der Waals surface area contributed by atoms with Crippen molar-refractivity contribution < 1.29 is 14.0 Å². The lowest BCUT2D eigenvalue weighted by Gasteiger charge is -2.18. The lowest BCUT2D eigenvalue weighted by atomic mass is 10.2. The van der Waals surface area contributed by atoms with Gasteiger partial charge in [0.1, 0.15) is 11.5 Å². The lowest BCUT2D eigenvalue weighted by Crippen LogP contribution is -2.34. The fourth-order valence-corrected chi connectivity index (χ4v) is 2.17. The number of nitrogens with two attached hydrogens (primary N) is 1. The number of carbonyl (C=O) groups is 2. The van der Waals surface area contributed by atoms with E-state index in [9.17, 15) is 14.0 Å². The van der Waals surface area contributed by atoms with Gasteiger partial charge < -0.3 is 5.73 Å².